The summed E-state index contributed by atoms with van der Waals surface area (Å²) in [6.45, 7) is 2.04. The number of aromatic nitrogens is 2. The van der Waals surface area contributed by atoms with Crippen molar-refractivity contribution in [3.63, 3.8) is 0 Å². The van der Waals surface area contributed by atoms with Crippen LogP contribution in [0.3, 0.4) is 0 Å². The number of pyridine rings is 1. The van der Waals surface area contributed by atoms with Gasteiger partial charge in [0.25, 0.3) is 5.91 Å². The molecule has 1 atom stereocenters. The van der Waals surface area contributed by atoms with Crippen molar-refractivity contribution in [1.29, 1.82) is 0 Å². The molecule has 0 bridgehead atoms. The Balaban J connectivity index is 1.70. The molecular weight excluding hydrogens is 318 g/mol. The highest BCUT2D eigenvalue weighted by Crippen LogP contribution is 2.17. The average Bonchev–Trinajstić information content (AvgIpc) is 3.07. The van der Waals surface area contributed by atoms with E-state index >= 15 is 0 Å². The largest absolute Gasteiger partial charge is 0.487 e. The summed E-state index contributed by atoms with van der Waals surface area (Å²) in [5.74, 6) is 0.452. The van der Waals surface area contributed by atoms with Gasteiger partial charge in [0, 0.05) is 25.0 Å². The first kappa shape index (κ1) is 17.0. The Morgan fingerprint density at radius 3 is 2.92 bits per heavy atom. The van der Waals surface area contributed by atoms with E-state index in [0.717, 1.165) is 11.3 Å². The van der Waals surface area contributed by atoms with Crippen LogP contribution in [0.4, 0.5) is 0 Å². The molecule has 0 aliphatic rings. The van der Waals surface area contributed by atoms with Gasteiger partial charge in [0.2, 0.25) is 0 Å². The maximum atomic E-state index is 12.4. The van der Waals surface area contributed by atoms with Crippen LogP contribution in [-0.4, -0.2) is 45.0 Å². The van der Waals surface area contributed by atoms with Crippen molar-refractivity contribution in [1.82, 2.24) is 14.3 Å². The SMILES string of the molecule is CC(CO)N(C)C(=O)c1cccc(OCc2cn3ccccc3n2)c1. The Bertz CT molecular complexity index is 842. The van der Waals surface area contributed by atoms with Crippen LogP contribution in [0.1, 0.15) is 23.0 Å². The molecular formula is C19H21N3O3. The molecule has 2 heterocycles. The van der Waals surface area contributed by atoms with Gasteiger partial charge < -0.3 is 19.1 Å². The monoisotopic (exact) mass is 339 g/mol. The molecule has 25 heavy (non-hydrogen) atoms. The van der Waals surface area contributed by atoms with Gasteiger partial charge in [-0.3, -0.25) is 4.79 Å². The second kappa shape index (κ2) is 7.36. The molecule has 3 rings (SSSR count). The number of aliphatic hydroxyl groups excluding tert-OH is 1. The van der Waals surface area contributed by atoms with Crippen molar-refractivity contribution in [3.8, 4) is 5.75 Å². The molecule has 1 amide bonds. The molecule has 6 nitrogen and oxygen atoms in total. The standard InChI is InChI=1S/C19H21N3O3/c1-14(12-23)21(2)19(24)15-6-5-7-17(10-15)25-13-16-11-22-9-4-3-8-18(22)20-16/h3-11,14,23H,12-13H2,1-2H3. The van der Waals surface area contributed by atoms with Crippen LogP contribution in [0.2, 0.25) is 0 Å². The summed E-state index contributed by atoms with van der Waals surface area (Å²) in [5.41, 5.74) is 2.20. The first-order chi connectivity index (χ1) is 12.1. The summed E-state index contributed by atoms with van der Waals surface area (Å²) in [5, 5.41) is 9.20. The second-order valence-electron chi connectivity index (χ2n) is 5.96. The minimum Gasteiger partial charge on any atom is -0.487 e. The predicted molar refractivity (Wildman–Crippen MR) is 94.6 cm³/mol. The lowest BCUT2D eigenvalue weighted by Gasteiger charge is -2.23. The molecule has 6 heteroatoms. The molecule has 1 N–H and O–H groups in total. The van der Waals surface area contributed by atoms with Crippen LogP contribution in [0, 0.1) is 0 Å². The maximum absolute atomic E-state index is 12.4. The Hall–Kier alpha value is -2.86. The average molecular weight is 339 g/mol. The first-order valence-electron chi connectivity index (χ1n) is 8.12. The molecule has 2 aromatic heterocycles. The molecule has 0 fully saturated rings. The normalized spacial score (nSPS) is 12.1. The van der Waals surface area contributed by atoms with Crippen molar-refractivity contribution in [3.05, 3.63) is 66.1 Å². The number of carbonyl (C=O) groups excluding carboxylic acids is 1. The number of fused-ring (bicyclic) bond motifs is 1. The highest BCUT2D eigenvalue weighted by Gasteiger charge is 2.17. The molecule has 3 aromatic rings. The van der Waals surface area contributed by atoms with E-state index < -0.39 is 0 Å². The van der Waals surface area contributed by atoms with Gasteiger partial charge in [-0.2, -0.15) is 0 Å². The van der Waals surface area contributed by atoms with E-state index in [2.05, 4.69) is 4.98 Å². The zero-order valence-corrected chi connectivity index (χ0v) is 14.3. The number of likely N-dealkylation sites (N-methyl/N-ethyl adjacent to an activating group) is 1. The Labute approximate surface area is 146 Å². The first-order valence-corrected chi connectivity index (χ1v) is 8.12. The molecule has 0 aliphatic heterocycles. The minimum absolute atomic E-state index is 0.0771. The van der Waals surface area contributed by atoms with Crippen LogP contribution < -0.4 is 4.74 Å². The number of hydrogen-bond acceptors (Lipinski definition) is 4. The number of carbonyl (C=O) groups is 1. The smallest absolute Gasteiger partial charge is 0.254 e. The van der Waals surface area contributed by atoms with Gasteiger partial charge in [-0.15, -0.1) is 0 Å². The van der Waals surface area contributed by atoms with Crippen molar-refractivity contribution in [2.45, 2.75) is 19.6 Å². The van der Waals surface area contributed by atoms with Gasteiger partial charge in [0.1, 0.15) is 18.0 Å². The highest BCUT2D eigenvalue weighted by molar-refractivity contribution is 5.94. The van der Waals surface area contributed by atoms with Crippen LogP contribution >= 0.6 is 0 Å². The van der Waals surface area contributed by atoms with E-state index in [1.807, 2.05) is 41.1 Å². The number of amides is 1. The molecule has 0 saturated heterocycles. The Kier molecular flexibility index (Phi) is 5.00. The summed E-state index contributed by atoms with van der Waals surface area (Å²) < 4.78 is 7.72. The summed E-state index contributed by atoms with van der Waals surface area (Å²) in [7, 11) is 1.67. The molecule has 0 aliphatic carbocycles. The van der Waals surface area contributed by atoms with E-state index in [1.165, 1.54) is 4.90 Å². The van der Waals surface area contributed by atoms with Crippen LogP contribution in [-0.2, 0) is 6.61 Å². The third-order valence-electron chi connectivity index (χ3n) is 4.13. The number of hydrogen-bond donors (Lipinski definition) is 1. The van der Waals surface area contributed by atoms with Gasteiger partial charge in [-0.25, -0.2) is 4.98 Å². The van der Waals surface area contributed by atoms with Gasteiger partial charge >= 0.3 is 0 Å². The lowest BCUT2D eigenvalue weighted by atomic mass is 10.1. The van der Waals surface area contributed by atoms with Crippen LogP contribution in [0.25, 0.3) is 5.65 Å². The third kappa shape index (κ3) is 3.80. The summed E-state index contributed by atoms with van der Waals surface area (Å²) in [6, 6.07) is 12.6. The Morgan fingerprint density at radius 2 is 2.16 bits per heavy atom. The minimum atomic E-state index is -0.241. The number of benzene rings is 1. The lowest BCUT2D eigenvalue weighted by Crippen LogP contribution is -2.37. The Morgan fingerprint density at radius 1 is 1.32 bits per heavy atom. The van der Waals surface area contributed by atoms with Crippen LogP contribution in [0.15, 0.2) is 54.9 Å². The fourth-order valence-electron chi connectivity index (χ4n) is 2.46. The quantitative estimate of drug-likeness (QED) is 0.749. The van der Waals surface area contributed by atoms with Gasteiger partial charge in [0.05, 0.1) is 18.3 Å². The van der Waals surface area contributed by atoms with E-state index in [1.54, 1.807) is 32.2 Å². The number of imidazole rings is 1. The fourth-order valence-corrected chi connectivity index (χ4v) is 2.46. The zero-order valence-electron chi connectivity index (χ0n) is 14.3. The lowest BCUT2D eigenvalue weighted by molar-refractivity contribution is 0.0681. The molecule has 0 radical (unpaired) electrons. The molecule has 0 saturated carbocycles. The molecule has 0 spiro atoms. The molecule has 1 aromatic carbocycles. The third-order valence-corrected chi connectivity index (χ3v) is 4.13. The fraction of sp³-hybridized carbons (Fsp3) is 0.263. The number of rotatable bonds is 6. The highest BCUT2D eigenvalue weighted by atomic mass is 16.5. The van der Waals surface area contributed by atoms with Crippen molar-refractivity contribution < 1.29 is 14.6 Å². The van der Waals surface area contributed by atoms with E-state index in [0.29, 0.717) is 17.9 Å². The van der Waals surface area contributed by atoms with E-state index in [9.17, 15) is 9.90 Å². The molecule has 1 unspecified atom stereocenters. The van der Waals surface area contributed by atoms with E-state index in [4.69, 9.17) is 4.74 Å². The van der Waals surface area contributed by atoms with Crippen molar-refractivity contribution in [2.24, 2.45) is 0 Å². The van der Waals surface area contributed by atoms with Crippen molar-refractivity contribution >= 4 is 11.6 Å². The maximum Gasteiger partial charge on any atom is 0.254 e. The molecule has 130 valence electrons. The number of aliphatic hydroxyl groups is 1. The summed E-state index contributed by atoms with van der Waals surface area (Å²) in [6.07, 6.45) is 3.85. The number of ether oxygens (including phenoxy) is 1. The zero-order chi connectivity index (χ0) is 17.8. The van der Waals surface area contributed by atoms with Gasteiger partial charge in [0.15, 0.2) is 0 Å². The van der Waals surface area contributed by atoms with E-state index in [-0.39, 0.29) is 18.6 Å². The van der Waals surface area contributed by atoms with Crippen LogP contribution in [0.5, 0.6) is 5.75 Å². The van der Waals surface area contributed by atoms with Gasteiger partial charge in [-0.05, 0) is 37.3 Å². The van der Waals surface area contributed by atoms with Gasteiger partial charge in [-0.1, -0.05) is 12.1 Å². The van der Waals surface area contributed by atoms with Crippen molar-refractivity contribution in [2.75, 3.05) is 13.7 Å². The summed E-state index contributed by atoms with van der Waals surface area (Å²) >= 11 is 0. The predicted octanol–water partition coefficient (Wildman–Crippen LogP) is 2.37. The summed E-state index contributed by atoms with van der Waals surface area (Å²) in [4.78, 5) is 18.4. The topological polar surface area (TPSA) is 67.1 Å². The second-order valence-corrected chi connectivity index (χ2v) is 5.96. The number of nitrogens with zero attached hydrogens (tertiary/aromatic N) is 3.